The summed E-state index contributed by atoms with van der Waals surface area (Å²) in [5, 5.41) is 3.33. The number of rotatable bonds is 10. The monoisotopic (exact) mass is 511 g/mol. The number of pyridine rings is 1. The third-order valence-electron chi connectivity index (χ3n) is 5.93. The number of aromatic nitrogens is 4. The maximum absolute atomic E-state index is 12.7. The van der Waals surface area contributed by atoms with Crippen molar-refractivity contribution in [2.75, 3.05) is 19.5 Å². The van der Waals surface area contributed by atoms with Crippen LogP contribution in [0.4, 0.5) is 11.5 Å². The van der Waals surface area contributed by atoms with E-state index in [0.717, 1.165) is 28.9 Å². The summed E-state index contributed by atoms with van der Waals surface area (Å²) in [4.78, 5) is 31.4. The molecule has 0 saturated heterocycles. The number of benzene rings is 2. The van der Waals surface area contributed by atoms with Crippen LogP contribution >= 0.6 is 11.3 Å². The van der Waals surface area contributed by atoms with Crippen LogP contribution in [0, 0.1) is 0 Å². The molecule has 0 atom stereocenters. The summed E-state index contributed by atoms with van der Waals surface area (Å²) in [5.74, 6) is 2.51. The molecular weight excluding hydrogens is 486 g/mol. The number of ether oxygens (including phenoxy) is 2. The number of nitrogens with zero attached hydrogens (tertiary/aromatic N) is 4. The molecule has 0 radical (unpaired) electrons. The van der Waals surface area contributed by atoms with E-state index in [1.807, 2.05) is 54.6 Å². The number of methoxy groups -OCH3 is 2. The van der Waals surface area contributed by atoms with Gasteiger partial charge in [-0.1, -0.05) is 24.3 Å². The molecule has 2 aromatic carbocycles. The molecule has 3 heterocycles. The fourth-order valence-corrected chi connectivity index (χ4v) is 4.64. The van der Waals surface area contributed by atoms with E-state index in [1.54, 1.807) is 32.1 Å². The highest BCUT2D eigenvalue weighted by Gasteiger charge is 2.14. The molecule has 0 bridgehead atoms. The number of carbonyl (C=O) groups is 1. The molecular formula is C28H25N5O3S. The third kappa shape index (κ3) is 5.57. The van der Waals surface area contributed by atoms with E-state index < -0.39 is 0 Å². The predicted molar refractivity (Wildman–Crippen MR) is 145 cm³/mol. The molecule has 0 aliphatic rings. The van der Waals surface area contributed by atoms with Crippen molar-refractivity contribution in [2.45, 2.75) is 19.3 Å². The lowest BCUT2D eigenvalue weighted by Crippen LogP contribution is -2.01. The molecule has 37 heavy (non-hydrogen) atoms. The summed E-state index contributed by atoms with van der Waals surface area (Å²) in [6, 6.07) is 17.0. The molecule has 8 nitrogen and oxygen atoms in total. The number of anilines is 2. The van der Waals surface area contributed by atoms with Crippen molar-refractivity contribution in [2.24, 2.45) is 0 Å². The zero-order valence-corrected chi connectivity index (χ0v) is 21.3. The van der Waals surface area contributed by atoms with Gasteiger partial charge in [-0.3, -0.25) is 9.78 Å². The number of carbonyl (C=O) groups excluding carboxylic acids is 1. The molecule has 0 unspecified atom stereocenters. The Bertz CT molecular complexity index is 1520. The second kappa shape index (κ2) is 11.1. The first-order chi connectivity index (χ1) is 18.1. The Labute approximate surface area is 218 Å². The van der Waals surface area contributed by atoms with Crippen molar-refractivity contribution in [3.8, 4) is 22.9 Å². The number of hydrogen-bond acceptors (Lipinski definition) is 9. The number of Topliss-reactive ketones (excluding diaryl/α,β-unsaturated/α-hetero) is 1. The Balaban J connectivity index is 1.34. The molecule has 1 N–H and O–H groups in total. The highest BCUT2D eigenvalue weighted by molar-refractivity contribution is 7.16. The third-order valence-corrected chi connectivity index (χ3v) is 6.65. The molecule has 0 fully saturated rings. The number of thiazole rings is 1. The topological polar surface area (TPSA) is 99.1 Å². The van der Waals surface area contributed by atoms with Crippen LogP contribution in [0.15, 0.2) is 72.5 Å². The van der Waals surface area contributed by atoms with Crippen LogP contribution in [0.3, 0.4) is 0 Å². The molecule has 186 valence electrons. The minimum absolute atomic E-state index is 0.121. The van der Waals surface area contributed by atoms with Crippen LogP contribution in [0.2, 0.25) is 0 Å². The summed E-state index contributed by atoms with van der Waals surface area (Å²) in [6.45, 7) is 0. The molecule has 0 spiro atoms. The van der Waals surface area contributed by atoms with E-state index in [2.05, 4.69) is 15.3 Å². The van der Waals surface area contributed by atoms with E-state index in [1.165, 1.54) is 16.9 Å². The molecule has 0 aliphatic heterocycles. The number of hydrogen-bond donors (Lipinski definition) is 1. The van der Waals surface area contributed by atoms with Crippen LogP contribution in [0.5, 0.6) is 11.5 Å². The minimum atomic E-state index is 0.121. The number of fused-ring (bicyclic) bond motifs is 1. The standard InChI is InChI=1S/C28H25N5O3S/c1-35-23-11-10-21(16-24(23)36-2)31-27-25-28(37-17-30-25)33-26(32-27)20-8-6-19(7-9-20)22(34)5-3-4-18-12-14-29-15-13-18/h6-17H,3-5H2,1-2H3,(H,31,32,33). The molecule has 5 rings (SSSR count). The first-order valence-electron chi connectivity index (χ1n) is 11.8. The fourth-order valence-electron chi connectivity index (χ4n) is 3.98. The van der Waals surface area contributed by atoms with E-state index in [4.69, 9.17) is 19.4 Å². The van der Waals surface area contributed by atoms with E-state index in [-0.39, 0.29) is 5.78 Å². The zero-order chi connectivity index (χ0) is 25.6. The van der Waals surface area contributed by atoms with Crippen molar-refractivity contribution in [1.82, 2.24) is 19.9 Å². The van der Waals surface area contributed by atoms with E-state index in [9.17, 15) is 4.79 Å². The lowest BCUT2D eigenvalue weighted by atomic mass is 10.0. The normalized spacial score (nSPS) is 10.9. The smallest absolute Gasteiger partial charge is 0.163 e. The van der Waals surface area contributed by atoms with Crippen molar-refractivity contribution in [3.63, 3.8) is 0 Å². The van der Waals surface area contributed by atoms with Gasteiger partial charge in [0.05, 0.1) is 19.7 Å². The van der Waals surface area contributed by atoms with Crippen molar-refractivity contribution < 1.29 is 14.3 Å². The predicted octanol–water partition coefficient (Wildman–Crippen LogP) is 6.11. The Kier molecular flexibility index (Phi) is 7.32. The quantitative estimate of drug-likeness (QED) is 0.224. The van der Waals surface area contributed by atoms with Gasteiger partial charge in [0.2, 0.25) is 0 Å². The summed E-state index contributed by atoms with van der Waals surface area (Å²) in [7, 11) is 3.19. The van der Waals surface area contributed by atoms with Crippen LogP contribution in [0.25, 0.3) is 21.7 Å². The van der Waals surface area contributed by atoms with Crippen LogP contribution in [-0.4, -0.2) is 39.9 Å². The lowest BCUT2D eigenvalue weighted by Gasteiger charge is -2.12. The second-order valence-electron chi connectivity index (χ2n) is 8.31. The lowest BCUT2D eigenvalue weighted by molar-refractivity contribution is 0.0980. The first kappa shape index (κ1) is 24.3. The maximum atomic E-state index is 12.7. The van der Waals surface area contributed by atoms with Gasteiger partial charge < -0.3 is 14.8 Å². The van der Waals surface area contributed by atoms with Gasteiger partial charge in [0.25, 0.3) is 0 Å². The number of ketones is 1. The molecule has 9 heteroatoms. The summed E-state index contributed by atoms with van der Waals surface area (Å²) in [6.07, 6.45) is 5.68. The van der Waals surface area contributed by atoms with Gasteiger partial charge in [-0.2, -0.15) is 0 Å². The van der Waals surface area contributed by atoms with E-state index >= 15 is 0 Å². The molecule has 0 amide bonds. The first-order valence-corrected chi connectivity index (χ1v) is 12.7. The average Bonchev–Trinajstić information content (AvgIpc) is 3.43. The fraction of sp³-hybridized carbons (Fsp3) is 0.179. The van der Waals surface area contributed by atoms with Gasteiger partial charge in [-0.15, -0.1) is 11.3 Å². The Morgan fingerprint density at radius 3 is 2.49 bits per heavy atom. The van der Waals surface area contributed by atoms with Gasteiger partial charge in [0.1, 0.15) is 10.3 Å². The average molecular weight is 512 g/mol. The van der Waals surface area contributed by atoms with Crippen molar-refractivity contribution >= 4 is 39.0 Å². The summed E-state index contributed by atoms with van der Waals surface area (Å²) < 4.78 is 10.7. The largest absolute Gasteiger partial charge is 0.493 e. The van der Waals surface area contributed by atoms with Crippen LogP contribution < -0.4 is 14.8 Å². The van der Waals surface area contributed by atoms with Crippen LogP contribution in [-0.2, 0) is 6.42 Å². The molecule has 5 aromatic rings. The van der Waals surface area contributed by atoms with Gasteiger partial charge in [-0.05, 0) is 42.7 Å². The summed E-state index contributed by atoms with van der Waals surface area (Å²) in [5.41, 5.74) is 5.90. The highest BCUT2D eigenvalue weighted by atomic mass is 32.1. The minimum Gasteiger partial charge on any atom is -0.493 e. The van der Waals surface area contributed by atoms with Gasteiger partial charge >= 0.3 is 0 Å². The Morgan fingerprint density at radius 1 is 0.946 bits per heavy atom. The second-order valence-corrected chi connectivity index (χ2v) is 9.14. The van der Waals surface area contributed by atoms with Gasteiger partial charge in [-0.25, -0.2) is 15.0 Å². The number of nitrogens with one attached hydrogen (secondary N) is 1. The van der Waals surface area contributed by atoms with Crippen molar-refractivity contribution in [1.29, 1.82) is 0 Å². The molecule has 0 saturated carbocycles. The van der Waals surface area contributed by atoms with Gasteiger partial charge in [0, 0.05) is 41.7 Å². The van der Waals surface area contributed by atoms with E-state index in [0.29, 0.717) is 40.6 Å². The van der Waals surface area contributed by atoms with Crippen LogP contribution in [0.1, 0.15) is 28.8 Å². The SMILES string of the molecule is COc1ccc(Nc2nc(-c3ccc(C(=O)CCCc4ccncc4)cc3)nc3scnc23)cc1OC. The summed E-state index contributed by atoms with van der Waals surface area (Å²) >= 11 is 1.44. The Hall–Kier alpha value is -4.37. The Morgan fingerprint density at radius 2 is 1.73 bits per heavy atom. The zero-order valence-electron chi connectivity index (χ0n) is 20.5. The van der Waals surface area contributed by atoms with Gasteiger partial charge in [0.15, 0.2) is 28.9 Å². The highest BCUT2D eigenvalue weighted by Crippen LogP contribution is 2.33. The maximum Gasteiger partial charge on any atom is 0.163 e. The molecule has 3 aromatic heterocycles. The number of aryl methyl sites for hydroxylation is 1. The van der Waals surface area contributed by atoms with Crippen molar-refractivity contribution in [3.05, 3.63) is 83.6 Å². The molecule has 0 aliphatic carbocycles.